The Hall–Kier alpha value is -2.31. The first-order valence-electron chi connectivity index (χ1n) is 7.91. The number of hydrogen-bond acceptors (Lipinski definition) is 5. The molecule has 25 heavy (non-hydrogen) atoms. The van der Waals surface area contributed by atoms with E-state index in [0.29, 0.717) is 28.2 Å². The van der Waals surface area contributed by atoms with E-state index in [-0.39, 0.29) is 12.5 Å². The number of nitrogens with zero attached hydrogens (tertiary/aromatic N) is 2. The molecule has 5 nitrogen and oxygen atoms in total. The standard InChI is InChI=1S/C18H15ClN2O3S/c1-2-21(18-20-12-9-11(19)7-8-16(12)25-18)17(22)15-10-23-13-5-3-4-6-14(13)24-15/h3-9,15H,2,10H2,1H3/t15-/m1/s1. The van der Waals surface area contributed by atoms with E-state index in [1.807, 2.05) is 37.3 Å². The second-order valence-corrected chi connectivity index (χ2v) is 7.00. The zero-order valence-electron chi connectivity index (χ0n) is 13.4. The molecule has 0 N–H and O–H groups in total. The molecule has 7 heteroatoms. The number of amides is 1. The Labute approximate surface area is 153 Å². The largest absolute Gasteiger partial charge is 0.485 e. The summed E-state index contributed by atoms with van der Waals surface area (Å²) in [6, 6.07) is 12.9. The molecule has 1 aliphatic heterocycles. The number of carbonyl (C=O) groups is 1. The molecule has 4 rings (SSSR count). The quantitative estimate of drug-likeness (QED) is 0.691. The van der Waals surface area contributed by atoms with E-state index >= 15 is 0 Å². The highest BCUT2D eigenvalue weighted by atomic mass is 35.5. The van der Waals surface area contributed by atoms with E-state index in [1.54, 1.807) is 17.0 Å². The van der Waals surface area contributed by atoms with Crippen LogP contribution >= 0.6 is 22.9 Å². The van der Waals surface area contributed by atoms with Crippen LogP contribution in [0.2, 0.25) is 5.02 Å². The van der Waals surface area contributed by atoms with Gasteiger partial charge in [-0.1, -0.05) is 35.1 Å². The molecule has 1 atom stereocenters. The summed E-state index contributed by atoms with van der Waals surface area (Å²) in [7, 11) is 0. The molecular weight excluding hydrogens is 360 g/mol. The minimum absolute atomic E-state index is 0.165. The third-order valence-electron chi connectivity index (χ3n) is 3.94. The lowest BCUT2D eigenvalue weighted by Gasteiger charge is -2.29. The fourth-order valence-electron chi connectivity index (χ4n) is 2.70. The van der Waals surface area contributed by atoms with Crippen molar-refractivity contribution < 1.29 is 14.3 Å². The van der Waals surface area contributed by atoms with Crippen LogP contribution in [0.1, 0.15) is 6.92 Å². The van der Waals surface area contributed by atoms with Crippen LogP contribution in [0.3, 0.4) is 0 Å². The van der Waals surface area contributed by atoms with Gasteiger partial charge in [-0.05, 0) is 37.3 Å². The molecule has 2 heterocycles. The second kappa shape index (κ2) is 6.54. The van der Waals surface area contributed by atoms with Crippen molar-refractivity contribution in [3.05, 3.63) is 47.5 Å². The molecule has 0 fully saturated rings. The van der Waals surface area contributed by atoms with Gasteiger partial charge >= 0.3 is 0 Å². The summed E-state index contributed by atoms with van der Waals surface area (Å²) in [6.45, 7) is 2.59. The normalized spacial score (nSPS) is 16.0. The lowest BCUT2D eigenvalue weighted by atomic mass is 10.2. The van der Waals surface area contributed by atoms with Gasteiger partial charge < -0.3 is 9.47 Å². The number of likely N-dealkylation sites (N-methyl/N-ethyl adjacent to an activating group) is 1. The zero-order chi connectivity index (χ0) is 17.4. The first-order chi connectivity index (χ1) is 12.2. The number of fused-ring (bicyclic) bond motifs is 2. The molecule has 0 aliphatic carbocycles. The van der Waals surface area contributed by atoms with Crippen molar-refractivity contribution in [1.82, 2.24) is 4.98 Å². The number of rotatable bonds is 3. The molecule has 0 unspecified atom stereocenters. The minimum Gasteiger partial charge on any atom is -0.485 e. The highest BCUT2D eigenvalue weighted by Crippen LogP contribution is 2.34. The Bertz CT molecular complexity index is 943. The Morgan fingerprint density at radius 3 is 2.92 bits per heavy atom. The topological polar surface area (TPSA) is 51.7 Å². The van der Waals surface area contributed by atoms with Crippen LogP contribution in [0.15, 0.2) is 42.5 Å². The van der Waals surface area contributed by atoms with E-state index in [1.165, 1.54) is 11.3 Å². The maximum absolute atomic E-state index is 12.9. The zero-order valence-corrected chi connectivity index (χ0v) is 15.0. The molecule has 1 aromatic heterocycles. The molecule has 2 aromatic carbocycles. The number of hydrogen-bond donors (Lipinski definition) is 0. The van der Waals surface area contributed by atoms with Gasteiger partial charge in [-0.15, -0.1) is 0 Å². The number of halogens is 1. The minimum atomic E-state index is -0.689. The predicted molar refractivity (Wildman–Crippen MR) is 99.0 cm³/mol. The van der Waals surface area contributed by atoms with Crippen molar-refractivity contribution in [2.45, 2.75) is 13.0 Å². The third kappa shape index (κ3) is 3.03. The maximum atomic E-state index is 12.9. The number of ether oxygens (including phenoxy) is 2. The second-order valence-electron chi connectivity index (χ2n) is 5.56. The molecule has 0 saturated heterocycles. The summed E-state index contributed by atoms with van der Waals surface area (Å²) < 4.78 is 12.5. The van der Waals surface area contributed by atoms with Gasteiger partial charge in [0.25, 0.3) is 5.91 Å². The number of para-hydroxylation sites is 2. The Morgan fingerprint density at radius 2 is 2.12 bits per heavy atom. The fourth-order valence-corrected chi connectivity index (χ4v) is 3.89. The van der Waals surface area contributed by atoms with Gasteiger partial charge in [-0.3, -0.25) is 9.69 Å². The molecule has 1 aliphatic rings. The summed E-state index contributed by atoms with van der Waals surface area (Å²) in [5.74, 6) is 1.07. The Kier molecular flexibility index (Phi) is 4.23. The van der Waals surface area contributed by atoms with Crippen molar-refractivity contribution in [3.63, 3.8) is 0 Å². The average molecular weight is 375 g/mol. The van der Waals surface area contributed by atoms with Crippen molar-refractivity contribution in [3.8, 4) is 11.5 Å². The molecule has 0 bridgehead atoms. The number of carbonyl (C=O) groups excluding carboxylic acids is 1. The first-order valence-corrected chi connectivity index (χ1v) is 9.11. The molecule has 3 aromatic rings. The summed E-state index contributed by atoms with van der Waals surface area (Å²) in [4.78, 5) is 19.1. The molecular formula is C18H15ClN2O3S. The van der Waals surface area contributed by atoms with Gasteiger partial charge in [0.1, 0.15) is 6.61 Å². The monoisotopic (exact) mass is 374 g/mol. The highest BCUT2D eigenvalue weighted by Gasteiger charge is 2.32. The van der Waals surface area contributed by atoms with Gasteiger partial charge in [0, 0.05) is 11.6 Å². The maximum Gasteiger partial charge on any atom is 0.273 e. The lowest BCUT2D eigenvalue weighted by Crippen LogP contribution is -2.46. The highest BCUT2D eigenvalue weighted by molar-refractivity contribution is 7.22. The van der Waals surface area contributed by atoms with Crippen molar-refractivity contribution >= 4 is 44.2 Å². The third-order valence-corrected chi connectivity index (χ3v) is 5.23. The molecule has 1 amide bonds. The van der Waals surface area contributed by atoms with E-state index in [4.69, 9.17) is 21.1 Å². The average Bonchev–Trinajstić information content (AvgIpc) is 3.04. The van der Waals surface area contributed by atoms with Crippen LogP contribution in [0.4, 0.5) is 5.13 Å². The van der Waals surface area contributed by atoms with Crippen molar-refractivity contribution in [2.75, 3.05) is 18.1 Å². The number of anilines is 1. The van der Waals surface area contributed by atoms with Gasteiger partial charge in [0.05, 0.1) is 10.2 Å². The Balaban J connectivity index is 1.61. The summed E-state index contributed by atoms with van der Waals surface area (Å²) in [5, 5.41) is 1.26. The summed E-state index contributed by atoms with van der Waals surface area (Å²) in [5.41, 5.74) is 0.782. The summed E-state index contributed by atoms with van der Waals surface area (Å²) in [6.07, 6.45) is -0.689. The summed E-state index contributed by atoms with van der Waals surface area (Å²) >= 11 is 7.48. The van der Waals surface area contributed by atoms with Crippen molar-refractivity contribution in [1.29, 1.82) is 0 Å². The van der Waals surface area contributed by atoms with Crippen LogP contribution in [0.25, 0.3) is 10.2 Å². The van der Waals surface area contributed by atoms with Gasteiger partial charge in [0.15, 0.2) is 16.6 Å². The molecule has 0 saturated carbocycles. The number of thiazole rings is 1. The predicted octanol–water partition coefficient (Wildman–Crippen LogP) is 4.14. The molecule has 0 radical (unpaired) electrons. The smallest absolute Gasteiger partial charge is 0.273 e. The number of benzene rings is 2. The van der Waals surface area contributed by atoms with E-state index in [2.05, 4.69) is 4.98 Å². The van der Waals surface area contributed by atoms with E-state index < -0.39 is 6.10 Å². The Morgan fingerprint density at radius 1 is 1.32 bits per heavy atom. The van der Waals surface area contributed by atoms with Gasteiger partial charge in [0.2, 0.25) is 6.10 Å². The SMILES string of the molecule is CCN(C(=O)[C@H]1COc2ccccc2O1)c1nc2cc(Cl)ccc2s1. The van der Waals surface area contributed by atoms with Crippen LogP contribution in [-0.4, -0.2) is 30.1 Å². The van der Waals surface area contributed by atoms with Crippen LogP contribution in [0, 0.1) is 0 Å². The van der Waals surface area contributed by atoms with Gasteiger partial charge in [-0.2, -0.15) is 0 Å². The fraction of sp³-hybridized carbons (Fsp3) is 0.222. The van der Waals surface area contributed by atoms with Crippen LogP contribution in [0.5, 0.6) is 11.5 Å². The molecule has 0 spiro atoms. The van der Waals surface area contributed by atoms with Gasteiger partial charge in [-0.25, -0.2) is 4.98 Å². The first kappa shape index (κ1) is 16.2. The van der Waals surface area contributed by atoms with Crippen LogP contribution in [-0.2, 0) is 4.79 Å². The van der Waals surface area contributed by atoms with Crippen molar-refractivity contribution in [2.24, 2.45) is 0 Å². The van der Waals surface area contributed by atoms with E-state index in [0.717, 1.165) is 10.2 Å². The number of aromatic nitrogens is 1. The van der Waals surface area contributed by atoms with Crippen LogP contribution < -0.4 is 14.4 Å². The lowest BCUT2D eigenvalue weighted by molar-refractivity contribution is -0.127. The molecule has 128 valence electrons. The van der Waals surface area contributed by atoms with E-state index in [9.17, 15) is 4.79 Å².